The van der Waals surface area contributed by atoms with Gasteiger partial charge in [0.1, 0.15) is 5.75 Å². The third-order valence-electron chi connectivity index (χ3n) is 1.58. The van der Waals surface area contributed by atoms with Crippen molar-refractivity contribution >= 4 is 11.4 Å². The van der Waals surface area contributed by atoms with Gasteiger partial charge in [0, 0.05) is 0 Å². The second kappa shape index (κ2) is 4.36. The summed E-state index contributed by atoms with van der Waals surface area (Å²) in [7, 11) is 0. The minimum Gasteiger partial charge on any atom is -0.379 e. The number of rotatable bonds is 3. The lowest BCUT2D eigenvalue weighted by Gasteiger charge is -2.05. The highest BCUT2D eigenvalue weighted by atomic mass is 32.2. The average Bonchev–Trinajstić information content (AvgIpc) is 2.11. The van der Waals surface area contributed by atoms with Gasteiger partial charge in [0.05, 0.1) is 0 Å². The fraction of sp³-hybridized carbons (Fsp3) is 0.250. The second-order valence-electron chi connectivity index (χ2n) is 2.65. The van der Waals surface area contributed by atoms with Gasteiger partial charge < -0.3 is 4.18 Å². The fourth-order valence-corrected chi connectivity index (χ4v) is 1.26. The normalized spacial score (nSPS) is 12.5. The summed E-state index contributed by atoms with van der Waals surface area (Å²) in [4.78, 5) is 0. The van der Waals surface area contributed by atoms with Gasteiger partial charge in [-0.3, -0.25) is 0 Å². The third kappa shape index (κ3) is 2.80. The first-order valence-corrected chi connectivity index (χ1v) is 4.68. The topological polar surface area (TPSA) is 61.5 Å². The summed E-state index contributed by atoms with van der Waals surface area (Å²) in [5.41, 5.74) is 1.91. The highest BCUT2D eigenvalue weighted by molar-refractivity contribution is 7.75. The maximum absolute atomic E-state index is 10.8. The Balaban J connectivity index is 2.87. The molecule has 5 heteroatoms. The van der Waals surface area contributed by atoms with Crippen LogP contribution in [0, 0.1) is 13.8 Å². The zero-order valence-corrected chi connectivity index (χ0v) is 8.26. The summed E-state index contributed by atoms with van der Waals surface area (Å²) in [5, 5.41) is 0. The Bertz CT molecular complexity index is 327. The van der Waals surface area contributed by atoms with Crippen LogP contribution in [0.1, 0.15) is 11.1 Å². The number of nitrogens with two attached hydrogens (primary N) is 1. The Labute approximate surface area is 79.5 Å². The van der Waals surface area contributed by atoms with Gasteiger partial charge in [0.25, 0.3) is 0 Å². The molecule has 1 unspecified atom stereocenters. The molecule has 0 aliphatic carbocycles. The Morgan fingerprint density at radius 3 is 2.69 bits per heavy atom. The molecule has 0 aliphatic heterocycles. The zero-order valence-electron chi connectivity index (χ0n) is 7.44. The summed E-state index contributed by atoms with van der Waals surface area (Å²) in [6, 6.07) is 5.58. The van der Waals surface area contributed by atoms with E-state index in [0.717, 1.165) is 11.1 Å². The van der Waals surface area contributed by atoms with E-state index >= 15 is 0 Å². The lowest BCUT2D eigenvalue weighted by Crippen LogP contribution is -2.10. The molecular weight excluding hydrogens is 190 g/mol. The first kappa shape index (κ1) is 10.2. The molecule has 1 rings (SSSR count). The van der Waals surface area contributed by atoms with E-state index in [2.05, 4.69) is 10.2 Å². The number of benzene rings is 1. The van der Waals surface area contributed by atoms with Crippen molar-refractivity contribution in [2.24, 2.45) is 5.90 Å². The molecule has 0 saturated carbocycles. The molecule has 1 aromatic rings. The molecule has 0 saturated heterocycles. The Morgan fingerprint density at radius 1 is 1.38 bits per heavy atom. The van der Waals surface area contributed by atoms with Crippen LogP contribution >= 0.6 is 0 Å². The summed E-state index contributed by atoms with van der Waals surface area (Å²) >= 11 is -1.92. The predicted molar refractivity (Wildman–Crippen MR) is 50.0 cm³/mol. The third-order valence-corrected chi connectivity index (χ3v) is 2.05. The molecular formula is C8H11NO3S. The van der Waals surface area contributed by atoms with Crippen LogP contribution in [0.4, 0.5) is 0 Å². The summed E-state index contributed by atoms with van der Waals surface area (Å²) in [5.74, 6) is 5.20. The van der Waals surface area contributed by atoms with Crippen LogP contribution in [-0.2, 0) is 15.6 Å². The number of hydrogen-bond donors (Lipinski definition) is 1. The van der Waals surface area contributed by atoms with Gasteiger partial charge in [-0.15, -0.1) is 0 Å². The molecule has 72 valence electrons. The van der Waals surface area contributed by atoms with E-state index in [0.29, 0.717) is 5.75 Å². The Kier molecular flexibility index (Phi) is 3.41. The van der Waals surface area contributed by atoms with Crippen molar-refractivity contribution in [1.82, 2.24) is 0 Å². The van der Waals surface area contributed by atoms with E-state index in [1.54, 1.807) is 6.07 Å². The molecule has 0 heterocycles. The van der Waals surface area contributed by atoms with Crippen molar-refractivity contribution in [3.63, 3.8) is 0 Å². The second-order valence-corrected chi connectivity index (χ2v) is 3.42. The van der Waals surface area contributed by atoms with Crippen molar-refractivity contribution in [3.05, 3.63) is 29.3 Å². The van der Waals surface area contributed by atoms with Crippen LogP contribution in [0.2, 0.25) is 0 Å². The molecule has 13 heavy (non-hydrogen) atoms. The van der Waals surface area contributed by atoms with Crippen LogP contribution in [0.25, 0.3) is 0 Å². The maximum atomic E-state index is 10.8. The fourth-order valence-electron chi connectivity index (χ4n) is 0.890. The van der Waals surface area contributed by atoms with E-state index < -0.39 is 11.4 Å². The van der Waals surface area contributed by atoms with Crippen LogP contribution in [0.3, 0.4) is 0 Å². The van der Waals surface area contributed by atoms with E-state index in [4.69, 9.17) is 4.18 Å². The maximum Gasteiger partial charge on any atom is 0.377 e. The van der Waals surface area contributed by atoms with Gasteiger partial charge in [-0.1, -0.05) is 12.1 Å². The smallest absolute Gasteiger partial charge is 0.377 e. The van der Waals surface area contributed by atoms with E-state index in [1.165, 1.54) is 0 Å². The molecule has 1 aromatic carbocycles. The molecule has 0 spiro atoms. The molecule has 0 aliphatic rings. The number of hydrogen-bond acceptors (Lipinski definition) is 4. The first-order valence-electron chi connectivity index (χ1n) is 3.68. The molecule has 0 fully saturated rings. The minimum atomic E-state index is -1.92. The van der Waals surface area contributed by atoms with E-state index in [1.807, 2.05) is 26.0 Å². The molecule has 2 N–H and O–H groups in total. The standard InChI is InChI=1S/C8H11NO3S/c1-6-3-4-7(2)8(5-6)11-13(10)12-9/h3-5H,9H2,1-2H3. The minimum absolute atomic E-state index is 0.517. The van der Waals surface area contributed by atoms with Crippen LogP contribution in [0.15, 0.2) is 18.2 Å². The molecule has 0 amide bonds. The molecule has 0 aromatic heterocycles. The van der Waals surface area contributed by atoms with Gasteiger partial charge in [-0.25, -0.2) is 0 Å². The Morgan fingerprint density at radius 2 is 2.08 bits per heavy atom. The summed E-state index contributed by atoms with van der Waals surface area (Å²) in [6.07, 6.45) is 0. The van der Waals surface area contributed by atoms with Gasteiger partial charge >= 0.3 is 11.4 Å². The molecule has 4 nitrogen and oxygen atoms in total. The summed E-state index contributed by atoms with van der Waals surface area (Å²) < 4.78 is 19.7. The zero-order chi connectivity index (χ0) is 9.84. The van der Waals surface area contributed by atoms with Crippen molar-refractivity contribution in [2.45, 2.75) is 13.8 Å². The largest absolute Gasteiger partial charge is 0.379 e. The van der Waals surface area contributed by atoms with Gasteiger partial charge in [0.15, 0.2) is 0 Å². The average molecular weight is 201 g/mol. The number of aryl methyl sites for hydroxylation is 2. The summed E-state index contributed by atoms with van der Waals surface area (Å²) in [6.45, 7) is 3.76. The molecule has 0 radical (unpaired) electrons. The first-order chi connectivity index (χ1) is 6.13. The van der Waals surface area contributed by atoms with Gasteiger partial charge in [-0.2, -0.15) is 14.4 Å². The molecule has 0 bridgehead atoms. The highest BCUT2D eigenvalue weighted by Gasteiger charge is 2.04. The lowest BCUT2D eigenvalue weighted by molar-refractivity contribution is 0.323. The van der Waals surface area contributed by atoms with Crippen LogP contribution < -0.4 is 10.1 Å². The van der Waals surface area contributed by atoms with Crippen molar-refractivity contribution in [2.75, 3.05) is 0 Å². The van der Waals surface area contributed by atoms with Crippen molar-refractivity contribution in [3.8, 4) is 5.75 Å². The van der Waals surface area contributed by atoms with Crippen molar-refractivity contribution < 1.29 is 12.7 Å². The van der Waals surface area contributed by atoms with E-state index in [9.17, 15) is 4.21 Å². The Hall–Kier alpha value is -0.910. The SMILES string of the molecule is Cc1ccc(C)c(OS(=O)ON)c1. The predicted octanol–water partition coefficient (Wildman–Crippen LogP) is 1.15. The van der Waals surface area contributed by atoms with Crippen LogP contribution in [-0.4, -0.2) is 4.21 Å². The highest BCUT2D eigenvalue weighted by Crippen LogP contribution is 2.19. The van der Waals surface area contributed by atoms with Crippen LogP contribution in [0.5, 0.6) is 5.75 Å². The lowest BCUT2D eigenvalue weighted by atomic mass is 10.1. The van der Waals surface area contributed by atoms with Gasteiger partial charge in [0.2, 0.25) is 0 Å². The monoisotopic (exact) mass is 201 g/mol. The van der Waals surface area contributed by atoms with Crippen molar-refractivity contribution in [1.29, 1.82) is 0 Å². The quantitative estimate of drug-likeness (QED) is 0.745. The molecule has 1 atom stereocenters. The van der Waals surface area contributed by atoms with Gasteiger partial charge in [-0.05, 0) is 31.0 Å². The van der Waals surface area contributed by atoms with E-state index in [-0.39, 0.29) is 0 Å².